The number of benzene rings is 2. The van der Waals surface area contributed by atoms with Crippen LogP contribution in [-0.2, 0) is 15.4 Å². The standard InChI is InChI=1S/C24H32ClN3O2/c1-14-6-7-16(12-17(14)13-25)21(24(3,4)23(29)30-5)19-10-11-20(22(26)15(19)2)28(27)18-8-9-18/h6-7,10-12,18,21H,8-9,13,26-27H2,1-5H3. The molecule has 0 radical (unpaired) electrons. The van der Waals surface area contributed by atoms with Crippen LogP contribution in [0.3, 0.4) is 0 Å². The van der Waals surface area contributed by atoms with Gasteiger partial charge in [-0.25, -0.2) is 5.84 Å². The third-order valence-electron chi connectivity index (χ3n) is 6.35. The van der Waals surface area contributed by atoms with Crippen molar-refractivity contribution in [2.75, 3.05) is 17.9 Å². The van der Waals surface area contributed by atoms with Gasteiger partial charge in [0.05, 0.1) is 23.9 Å². The van der Waals surface area contributed by atoms with E-state index in [1.807, 2.05) is 39.8 Å². The monoisotopic (exact) mass is 429 g/mol. The van der Waals surface area contributed by atoms with Gasteiger partial charge in [0.1, 0.15) is 0 Å². The van der Waals surface area contributed by atoms with Crippen LogP contribution in [0, 0.1) is 19.3 Å². The zero-order valence-electron chi connectivity index (χ0n) is 18.5. The van der Waals surface area contributed by atoms with Crippen molar-refractivity contribution in [2.45, 2.75) is 58.4 Å². The van der Waals surface area contributed by atoms with Crippen LogP contribution in [0.15, 0.2) is 30.3 Å². The van der Waals surface area contributed by atoms with Crippen molar-refractivity contribution in [1.82, 2.24) is 0 Å². The highest BCUT2D eigenvalue weighted by molar-refractivity contribution is 6.17. The Labute approximate surface area is 184 Å². The topological polar surface area (TPSA) is 81.6 Å². The third-order valence-corrected chi connectivity index (χ3v) is 6.63. The first-order valence-corrected chi connectivity index (χ1v) is 10.8. The Kier molecular flexibility index (Phi) is 6.34. The minimum absolute atomic E-state index is 0.254. The van der Waals surface area contributed by atoms with Gasteiger partial charge < -0.3 is 15.5 Å². The molecule has 1 aliphatic rings. The summed E-state index contributed by atoms with van der Waals surface area (Å²) < 4.78 is 5.17. The number of carbonyl (C=O) groups excluding carboxylic acids is 1. The Morgan fingerprint density at radius 2 is 1.93 bits per heavy atom. The smallest absolute Gasteiger partial charge is 0.312 e. The number of hydrazine groups is 1. The van der Waals surface area contributed by atoms with Crippen molar-refractivity contribution in [1.29, 1.82) is 0 Å². The average molecular weight is 430 g/mol. The summed E-state index contributed by atoms with van der Waals surface area (Å²) in [7, 11) is 1.42. The molecular weight excluding hydrogens is 398 g/mol. The number of nitrogens with two attached hydrogens (primary N) is 2. The highest BCUT2D eigenvalue weighted by Crippen LogP contribution is 2.46. The summed E-state index contributed by atoms with van der Waals surface area (Å²) in [5, 5.41) is 1.77. The number of alkyl halides is 1. The Morgan fingerprint density at radius 3 is 2.50 bits per heavy atom. The summed E-state index contributed by atoms with van der Waals surface area (Å²) in [6.45, 7) is 7.85. The van der Waals surface area contributed by atoms with E-state index in [1.165, 1.54) is 7.11 Å². The van der Waals surface area contributed by atoms with E-state index in [0.717, 1.165) is 46.3 Å². The van der Waals surface area contributed by atoms with Crippen LogP contribution in [0.4, 0.5) is 11.4 Å². The molecule has 6 heteroatoms. The van der Waals surface area contributed by atoms with Gasteiger partial charge in [0.15, 0.2) is 0 Å². The van der Waals surface area contributed by atoms with Gasteiger partial charge in [-0.1, -0.05) is 24.3 Å². The largest absolute Gasteiger partial charge is 0.469 e. The van der Waals surface area contributed by atoms with E-state index in [1.54, 1.807) is 5.01 Å². The molecule has 0 aromatic heterocycles. The molecule has 30 heavy (non-hydrogen) atoms. The number of rotatable bonds is 7. The van der Waals surface area contributed by atoms with E-state index in [9.17, 15) is 4.79 Å². The van der Waals surface area contributed by atoms with Gasteiger partial charge in [0, 0.05) is 17.8 Å². The van der Waals surface area contributed by atoms with Gasteiger partial charge >= 0.3 is 5.97 Å². The van der Waals surface area contributed by atoms with Crippen molar-refractivity contribution in [3.8, 4) is 0 Å². The van der Waals surface area contributed by atoms with E-state index in [2.05, 4.69) is 18.2 Å². The molecule has 1 unspecified atom stereocenters. The number of halogens is 1. The highest BCUT2D eigenvalue weighted by Gasteiger charge is 2.41. The molecule has 3 rings (SSSR count). The molecule has 5 nitrogen and oxygen atoms in total. The quantitative estimate of drug-likeness (QED) is 0.217. The van der Waals surface area contributed by atoms with Crippen LogP contribution >= 0.6 is 11.6 Å². The molecule has 2 aromatic carbocycles. The Bertz CT molecular complexity index is 954. The lowest BCUT2D eigenvalue weighted by molar-refractivity contribution is -0.151. The second-order valence-electron chi connectivity index (χ2n) is 8.82. The Balaban J connectivity index is 2.18. The Hall–Kier alpha value is -2.24. The SMILES string of the molecule is COC(=O)C(C)(C)C(c1ccc(C)c(CCl)c1)c1ccc(N(N)C2CC2)c(N)c1C. The molecular formula is C24H32ClN3O2. The number of carbonyl (C=O) groups is 1. The molecule has 0 saturated heterocycles. The summed E-state index contributed by atoms with van der Waals surface area (Å²) in [5.41, 5.74) is 12.3. The second kappa shape index (κ2) is 8.48. The van der Waals surface area contributed by atoms with Crippen molar-refractivity contribution in [2.24, 2.45) is 11.3 Å². The maximum atomic E-state index is 12.8. The molecule has 0 amide bonds. The predicted molar refractivity (Wildman–Crippen MR) is 124 cm³/mol. The lowest BCUT2D eigenvalue weighted by atomic mass is 9.69. The van der Waals surface area contributed by atoms with E-state index in [4.69, 9.17) is 27.9 Å². The van der Waals surface area contributed by atoms with Crippen molar-refractivity contribution in [3.05, 3.63) is 58.1 Å². The van der Waals surface area contributed by atoms with Crippen molar-refractivity contribution < 1.29 is 9.53 Å². The molecule has 0 bridgehead atoms. The highest BCUT2D eigenvalue weighted by atomic mass is 35.5. The molecule has 1 aliphatic carbocycles. The number of esters is 1. The molecule has 1 atom stereocenters. The number of nitrogens with zero attached hydrogens (tertiary/aromatic N) is 1. The average Bonchev–Trinajstić information content (AvgIpc) is 3.56. The van der Waals surface area contributed by atoms with Gasteiger partial charge in [-0.3, -0.25) is 4.79 Å². The molecule has 162 valence electrons. The fraction of sp³-hybridized carbons (Fsp3) is 0.458. The summed E-state index contributed by atoms with van der Waals surface area (Å²) >= 11 is 6.18. The van der Waals surface area contributed by atoms with E-state index < -0.39 is 5.41 Å². The first-order chi connectivity index (χ1) is 14.1. The van der Waals surface area contributed by atoms with Crippen LogP contribution in [0.1, 0.15) is 60.4 Å². The number of hydrogen-bond donors (Lipinski definition) is 2. The Morgan fingerprint density at radius 1 is 1.27 bits per heavy atom. The molecule has 1 saturated carbocycles. The fourth-order valence-corrected chi connectivity index (χ4v) is 4.49. The lowest BCUT2D eigenvalue weighted by Crippen LogP contribution is -2.35. The summed E-state index contributed by atoms with van der Waals surface area (Å²) in [4.78, 5) is 12.8. The normalized spacial score (nSPS) is 15.0. The van der Waals surface area contributed by atoms with Gasteiger partial charge in [-0.05, 0) is 74.4 Å². The minimum atomic E-state index is -0.814. The van der Waals surface area contributed by atoms with E-state index >= 15 is 0 Å². The third kappa shape index (κ3) is 4.01. The number of ether oxygens (including phenoxy) is 1. The number of aryl methyl sites for hydroxylation is 1. The fourth-order valence-electron chi connectivity index (χ4n) is 4.20. The van der Waals surface area contributed by atoms with Gasteiger partial charge in [-0.2, -0.15) is 0 Å². The number of methoxy groups -OCH3 is 1. The maximum absolute atomic E-state index is 12.8. The molecule has 4 N–H and O–H groups in total. The molecule has 0 heterocycles. The number of hydrogen-bond acceptors (Lipinski definition) is 5. The van der Waals surface area contributed by atoms with Gasteiger partial charge in [0.25, 0.3) is 0 Å². The van der Waals surface area contributed by atoms with Crippen molar-refractivity contribution >= 4 is 28.9 Å². The van der Waals surface area contributed by atoms with Crippen LogP contribution in [0.5, 0.6) is 0 Å². The van der Waals surface area contributed by atoms with Gasteiger partial charge in [0.2, 0.25) is 0 Å². The number of nitrogen functional groups attached to an aromatic ring is 1. The number of anilines is 2. The van der Waals surface area contributed by atoms with Gasteiger partial charge in [-0.15, -0.1) is 11.6 Å². The summed E-state index contributed by atoms with van der Waals surface area (Å²) in [5.74, 6) is 6.16. The first-order valence-electron chi connectivity index (χ1n) is 10.3. The van der Waals surface area contributed by atoms with Crippen LogP contribution in [-0.4, -0.2) is 19.1 Å². The second-order valence-corrected chi connectivity index (χ2v) is 9.08. The van der Waals surface area contributed by atoms with E-state index in [0.29, 0.717) is 17.6 Å². The molecule has 1 fully saturated rings. The maximum Gasteiger partial charge on any atom is 0.312 e. The van der Waals surface area contributed by atoms with Crippen LogP contribution < -0.4 is 16.6 Å². The first kappa shape index (κ1) is 22.4. The summed E-state index contributed by atoms with van der Waals surface area (Å²) in [6.07, 6.45) is 2.17. The predicted octanol–water partition coefficient (Wildman–Crippen LogP) is 4.80. The van der Waals surface area contributed by atoms with Crippen LogP contribution in [0.25, 0.3) is 0 Å². The zero-order valence-corrected chi connectivity index (χ0v) is 19.2. The van der Waals surface area contributed by atoms with E-state index in [-0.39, 0.29) is 11.9 Å². The lowest BCUT2D eigenvalue weighted by Gasteiger charge is -2.35. The molecule has 0 aliphatic heterocycles. The van der Waals surface area contributed by atoms with Crippen molar-refractivity contribution in [3.63, 3.8) is 0 Å². The minimum Gasteiger partial charge on any atom is -0.469 e. The molecule has 0 spiro atoms. The van der Waals surface area contributed by atoms with Crippen LogP contribution in [0.2, 0.25) is 0 Å². The summed E-state index contributed by atoms with van der Waals surface area (Å²) in [6, 6.07) is 10.6. The molecule has 2 aromatic rings. The zero-order chi connectivity index (χ0) is 22.2.